The van der Waals surface area contributed by atoms with Gasteiger partial charge in [0.05, 0.1) is 5.25 Å². The third kappa shape index (κ3) is 1.95. The first kappa shape index (κ1) is 8.01. The molecule has 0 aliphatic carbocycles. The molecule has 3 nitrogen and oxygen atoms in total. The van der Waals surface area contributed by atoms with Gasteiger partial charge in [0.25, 0.3) is 0 Å². The van der Waals surface area contributed by atoms with Crippen LogP contribution in [0.2, 0.25) is 0 Å². The van der Waals surface area contributed by atoms with Crippen molar-refractivity contribution in [2.75, 3.05) is 19.3 Å². The Labute approximate surface area is 61.7 Å². The van der Waals surface area contributed by atoms with Crippen LogP contribution in [0.25, 0.3) is 0 Å². The summed E-state index contributed by atoms with van der Waals surface area (Å²) in [4.78, 5) is 0. The van der Waals surface area contributed by atoms with E-state index in [-0.39, 0.29) is 5.25 Å². The van der Waals surface area contributed by atoms with Gasteiger partial charge >= 0.3 is 0 Å². The Morgan fingerprint density at radius 1 is 1.50 bits per heavy atom. The van der Waals surface area contributed by atoms with E-state index in [2.05, 4.69) is 5.32 Å². The minimum absolute atomic E-state index is 0.138. The van der Waals surface area contributed by atoms with E-state index in [9.17, 15) is 8.42 Å². The molecule has 1 aliphatic heterocycles. The average molecular weight is 163 g/mol. The van der Waals surface area contributed by atoms with Crippen LogP contribution in [0.5, 0.6) is 0 Å². The first-order valence-corrected chi connectivity index (χ1v) is 5.46. The summed E-state index contributed by atoms with van der Waals surface area (Å²) in [5.41, 5.74) is 0. The van der Waals surface area contributed by atoms with E-state index >= 15 is 0 Å². The molecular formula is C6H13NO2S. The maximum Gasteiger partial charge on any atom is 0.151 e. The first-order chi connectivity index (χ1) is 4.61. The minimum Gasteiger partial charge on any atom is -0.315 e. The van der Waals surface area contributed by atoms with Crippen molar-refractivity contribution in [2.24, 2.45) is 0 Å². The van der Waals surface area contributed by atoms with Gasteiger partial charge in [0.2, 0.25) is 0 Å². The fraction of sp³-hybridized carbons (Fsp3) is 1.00. The largest absolute Gasteiger partial charge is 0.315 e. The monoisotopic (exact) mass is 163 g/mol. The molecular weight excluding hydrogens is 150 g/mol. The summed E-state index contributed by atoms with van der Waals surface area (Å²) in [5, 5.41) is 2.92. The van der Waals surface area contributed by atoms with Gasteiger partial charge in [-0.05, 0) is 19.4 Å². The SMILES string of the molecule is CS(=O)(=O)[C@H]1CCCNC1. The quantitative estimate of drug-likeness (QED) is 0.581. The molecule has 1 saturated heterocycles. The van der Waals surface area contributed by atoms with E-state index in [1.165, 1.54) is 6.26 Å². The van der Waals surface area contributed by atoms with Crippen LogP contribution in [-0.4, -0.2) is 33.0 Å². The second-order valence-electron chi connectivity index (χ2n) is 2.80. The summed E-state index contributed by atoms with van der Waals surface area (Å²) in [6.07, 6.45) is 3.12. The third-order valence-corrected chi connectivity index (χ3v) is 3.47. The molecule has 1 atom stereocenters. The number of piperidine rings is 1. The van der Waals surface area contributed by atoms with Crippen LogP contribution in [0.3, 0.4) is 0 Å². The number of hydrogen-bond donors (Lipinski definition) is 1. The molecule has 1 aliphatic rings. The van der Waals surface area contributed by atoms with Crippen LogP contribution in [0.4, 0.5) is 0 Å². The van der Waals surface area contributed by atoms with E-state index in [0.29, 0.717) is 6.54 Å². The summed E-state index contributed by atoms with van der Waals surface area (Å²) in [7, 11) is -2.79. The summed E-state index contributed by atoms with van der Waals surface area (Å²) in [5.74, 6) is 0. The molecule has 4 heteroatoms. The number of sulfone groups is 1. The Morgan fingerprint density at radius 2 is 2.20 bits per heavy atom. The summed E-state index contributed by atoms with van der Waals surface area (Å²) < 4.78 is 21.9. The summed E-state index contributed by atoms with van der Waals surface area (Å²) in [6, 6.07) is 0. The highest BCUT2D eigenvalue weighted by Crippen LogP contribution is 2.09. The van der Waals surface area contributed by atoms with Crippen LogP contribution in [0, 0.1) is 0 Å². The lowest BCUT2D eigenvalue weighted by atomic mass is 10.2. The van der Waals surface area contributed by atoms with Crippen molar-refractivity contribution < 1.29 is 8.42 Å². The van der Waals surface area contributed by atoms with Crippen LogP contribution in [0.15, 0.2) is 0 Å². The molecule has 0 amide bonds. The zero-order chi connectivity index (χ0) is 7.61. The topological polar surface area (TPSA) is 46.2 Å². The summed E-state index contributed by atoms with van der Waals surface area (Å²) >= 11 is 0. The molecule has 1 fully saturated rings. The van der Waals surface area contributed by atoms with Crippen molar-refractivity contribution in [3.63, 3.8) is 0 Å². The van der Waals surface area contributed by atoms with Crippen LogP contribution >= 0.6 is 0 Å². The molecule has 60 valence electrons. The van der Waals surface area contributed by atoms with E-state index in [4.69, 9.17) is 0 Å². The predicted molar refractivity (Wildman–Crippen MR) is 40.7 cm³/mol. The number of hydrogen-bond acceptors (Lipinski definition) is 3. The van der Waals surface area contributed by atoms with Gasteiger partial charge in [0, 0.05) is 12.8 Å². The minimum atomic E-state index is -2.79. The van der Waals surface area contributed by atoms with Crippen LogP contribution < -0.4 is 5.32 Å². The second kappa shape index (κ2) is 2.88. The molecule has 0 spiro atoms. The van der Waals surface area contributed by atoms with Crippen molar-refractivity contribution in [1.82, 2.24) is 5.32 Å². The standard InChI is InChI=1S/C6H13NO2S/c1-10(8,9)6-3-2-4-7-5-6/h6-7H,2-5H2,1H3/t6-/m0/s1. The molecule has 0 aromatic heterocycles. The van der Waals surface area contributed by atoms with E-state index in [1.54, 1.807) is 0 Å². The van der Waals surface area contributed by atoms with Gasteiger partial charge in [0.1, 0.15) is 0 Å². The van der Waals surface area contributed by atoms with Crippen molar-refractivity contribution >= 4 is 9.84 Å². The maximum atomic E-state index is 10.9. The van der Waals surface area contributed by atoms with Gasteiger partial charge in [0.15, 0.2) is 9.84 Å². The lowest BCUT2D eigenvalue weighted by Crippen LogP contribution is -2.38. The van der Waals surface area contributed by atoms with E-state index in [1.807, 2.05) is 0 Å². The zero-order valence-corrected chi connectivity index (χ0v) is 6.95. The molecule has 10 heavy (non-hydrogen) atoms. The van der Waals surface area contributed by atoms with Gasteiger partial charge < -0.3 is 5.32 Å². The first-order valence-electron chi connectivity index (χ1n) is 3.50. The van der Waals surface area contributed by atoms with Crippen molar-refractivity contribution in [1.29, 1.82) is 0 Å². The molecule has 0 radical (unpaired) electrons. The summed E-state index contributed by atoms with van der Waals surface area (Å²) in [6.45, 7) is 1.60. The van der Waals surface area contributed by atoms with Crippen molar-refractivity contribution in [3.05, 3.63) is 0 Å². The molecule has 0 saturated carbocycles. The molecule has 0 bridgehead atoms. The Morgan fingerprint density at radius 3 is 2.50 bits per heavy atom. The fourth-order valence-corrected chi connectivity index (χ4v) is 2.20. The van der Waals surface area contributed by atoms with Gasteiger partial charge in [-0.1, -0.05) is 0 Å². The van der Waals surface area contributed by atoms with Crippen LogP contribution in [-0.2, 0) is 9.84 Å². The fourth-order valence-electron chi connectivity index (χ4n) is 1.19. The smallest absolute Gasteiger partial charge is 0.151 e. The van der Waals surface area contributed by atoms with Gasteiger partial charge in [-0.3, -0.25) is 0 Å². The third-order valence-electron chi connectivity index (χ3n) is 1.86. The number of rotatable bonds is 1. The van der Waals surface area contributed by atoms with Crippen molar-refractivity contribution in [3.8, 4) is 0 Å². The molecule has 1 heterocycles. The maximum absolute atomic E-state index is 10.9. The predicted octanol–water partition coefficient (Wildman–Crippen LogP) is -0.217. The van der Waals surface area contributed by atoms with Crippen molar-refractivity contribution in [2.45, 2.75) is 18.1 Å². The highest BCUT2D eigenvalue weighted by atomic mass is 32.2. The zero-order valence-electron chi connectivity index (χ0n) is 6.13. The number of nitrogens with one attached hydrogen (secondary N) is 1. The Hall–Kier alpha value is -0.0900. The van der Waals surface area contributed by atoms with Gasteiger partial charge in [-0.2, -0.15) is 0 Å². The Balaban J connectivity index is 2.56. The Bertz CT molecular complexity index is 192. The molecule has 0 aromatic carbocycles. The second-order valence-corrected chi connectivity index (χ2v) is 5.12. The molecule has 1 N–H and O–H groups in total. The van der Waals surface area contributed by atoms with Gasteiger partial charge in [-0.15, -0.1) is 0 Å². The Kier molecular flexibility index (Phi) is 2.31. The lowest BCUT2D eigenvalue weighted by Gasteiger charge is -2.20. The lowest BCUT2D eigenvalue weighted by molar-refractivity contribution is 0.499. The van der Waals surface area contributed by atoms with Crippen LogP contribution in [0.1, 0.15) is 12.8 Å². The van der Waals surface area contributed by atoms with E-state index in [0.717, 1.165) is 19.4 Å². The van der Waals surface area contributed by atoms with Gasteiger partial charge in [-0.25, -0.2) is 8.42 Å². The average Bonchev–Trinajstić information content (AvgIpc) is 1.88. The molecule has 0 aromatic rings. The highest BCUT2D eigenvalue weighted by molar-refractivity contribution is 7.91. The normalized spacial score (nSPS) is 28.3. The molecule has 0 unspecified atom stereocenters. The highest BCUT2D eigenvalue weighted by Gasteiger charge is 2.22. The van der Waals surface area contributed by atoms with E-state index < -0.39 is 9.84 Å². The molecule has 1 rings (SSSR count).